The van der Waals surface area contributed by atoms with Gasteiger partial charge >= 0.3 is 0 Å². The molecule has 6 heteroatoms. The third kappa shape index (κ3) is 3.60. The van der Waals surface area contributed by atoms with Crippen molar-refractivity contribution in [3.05, 3.63) is 58.3 Å². The molecule has 1 aliphatic rings. The number of pyridine rings is 1. The van der Waals surface area contributed by atoms with Gasteiger partial charge in [0.25, 0.3) is 5.91 Å². The molecule has 134 valence electrons. The molecule has 2 N–H and O–H groups in total. The standard InChI is InChI=1S/C20H21BrN4O/c21-16-7-6-14-11-18(24-17(14)12-16)20(26)23-13-15-5-4-8-22-19(15)25-9-2-1-3-10-25/h4-8,11-12,24H,1-3,9-10,13H2,(H,23,26). The van der Waals surface area contributed by atoms with Crippen molar-refractivity contribution >= 4 is 38.6 Å². The molecule has 1 fully saturated rings. The molecule has 4 rings (SSSR count). The molecule has 26 heavy (non-hydrogen) atoms. The van der Waals surface area contributed by atoms with Gasteiger partial charge in [-0.1, -0.05) is 28.1 Å². The molecule has 0 spiro atoms. The molecular weight excluding hydrogens is 392 g/mol. The quantitative estimate of drug-likeness (QED) is 0.673. The van der Waals surface area contributed by atoms with Crippen LogP contribution in [0, 0.1) is 0 Å². The van der Waals surface area contributed by atoms with Crippen LogP contribution in [-0.2, 0) is 6.54 Å². The van der Waals surface area contributed by atoms with E-state index >= 15 is 0 Å². The molecule has 0 aliphatic carbocycles. The summed E-state index contributed by atoms with van der Waals surface area (Å²) in [6.07, 6.45) is 5.51. The number of carbonyl (C=O) groups excluding carboxylic acids is 1. The van der Waals surface area contributed by atoms with Crippen molar-refractivity contribution in [1.29, 1.82) is 0 Å². The largest absolute Gasteiger partial charge is 0.356 e. The first kappa shape index (κ1) is 17.1. The smallest absolute Gasteiger partial charge is 0.267 e. The second-order valence-corrected chi connectivity index (χ2v) is 7.55. The SMILES string of the molecule is O=C(NCc1cccnc1N1CCCCC1)c1cc2ccc(Br)cc2[nH]1. The first-order chi connectivity index (χ1) is 12.7. The van der Waals surface area contributed by atoms with Gasteiger partial charge < -0.3 is 15.2 Å². The third-order valence-electron chi connectivity index (χ3n) is 4.79. The van der Waals surface area contributed by atoms with Crippen LogP contribution < -0.4 is 10.2 Å². The van der Waals surface area contributed by atoms with Crippen molar-refractivity contribution in [3.63, 3.8) is 0 Å². The summed E-state index contributed by atoms with van der Waals surface area (Å²) in [6.45, 7) is 2.54. The van der Waals surface area contributed by atoms with Crippen molar-refractivity contribution in [2.75, 3.05) is 18.0 Å². The van der Waals surface area contributed by atoms with Crippen LogP contribution in [0.1, 0.15) is 35.3 Å². The molecule has 5 nitrogen and oxygen atoms in total. The summed E-state index contributed by atoms with van der Waals surface area (Å²) in [5.74, 6) is 0.888. The van der Waals surface area contributed by atoms with Crippen molar-refractivity contribution in [2.24, 2.45) is 0 Å². The number of hydrogen-bond donors (Lipinski definition) is 2. The number of anilines is 1. The summed E-state index contributed by atoms with van der Waals surface area (Å²) < 4.78 is 0.986. The molecule has 0 bridgehead atoms. The molecule has 3 heterocycles. The highest BCUT2D eigenvalue weighted by Gasteiger charge is 2.16. The van der Waals surface area contributed by atoms with Crippen molar-refractivity contribution in [1.82, 2.24) is 15.3 Å². The Bertz CT molecular complexity index is 930. The van der Waals surface area contributed by atoms with E-state index < -0.39 is 0 Å². The second kappa shape index (κ2) is 7.50. The lowest BCUT2D eigenvalue weighted by atomic mass is 10.1. The highest BCUT2D eigenvalue weighted by atomic mass is 79.9. The number of halogens is 1. The van der Waals surface area contributed by atoms with Crippen molar-refractivity contribution in [3.8, 4) is 0 Å². The number of piperidine rings is 1. The number of aromatic amines is 1. The van der Waals surface area contributed by atoms with Gasteiger partial charge in [-0.15, -0.1) is 0 Å². The molecule has 1 amide bonds. The van der Waals surface area contributed by atoms with Crippen LogP contribution in [-0.4, -0.2) is 29.0 Å². The minimum absolute atomic E-state index is 0.106. The summed E-state index contributed by atoms with van der Waals surface area (Å²) in [7, 11) is 0. The van der Waals surface area contributed by atoms with Crippen LogP contribution in [0.25, 0.3) is 10.9 Å². The Balaban J connectivity index is 1.48. The fraction of sp³-hybridized carbons (Fsp3) is 0.300. The third-order valence-corrected chi connectivity index (χ3v) is 5.28. The summed E-state index contributed by atoms with van der Waals surface area (Å²) in [6, 6.07) is 11.8. The van der Waals surface area contributed by atoms with Gasteiger partial charge in [-0.3, -0.25) is 4.79 Å². The maximum absolute atomic E-state index is 12.6. The van der Waals surface area contributed by atoms with E-state index in [1.165, 1.54) is 19.3 Å². The molecule has 0 unspecified atom stereocenters. The molecule has 0 atom stereocenters. The minimum Gasteiger partial charge on any atom is -0.356 e. The molecule has 1 saturated heterocycles. The Morgan fingerprint density at radius 2 is 2.04 bits per heavy atom. The van der Waals surface area contributed by atoms with Gasteiger partial charge in [-0.25, -0.2) is 4.98 Å². The van der Waals surface area contributed by atoms with Crippen LogP contribution in [0.4, 0.5) is 5.82 Å². The van der Waals surface area contributed by atoms with E-state index in [1.807, 2.05) is 42.6 Å². The lowest BCUT2D eigenvalue weighted by Crippen LogP contribution is -2.32. The monoisotopic (exact) mass is 412 g/mol. The van der Waals surface area contributed by atoms with E-state index in [-0.39, 0.29) is 5.91 Å². The highest BCUT2D eigenvalue weighted by molar-refractivity contribution is 9.10. The predicted octanol–water partition coefficient (Wildman–Crippen LogP) is 4.25. The zero-order valence-corrected chi connectivity index (χ0v) is 16.1. The topological polar surface area (TPSA) is 61.0 Å². The predicted molar refractivity (Wildman–Crippen MR) is 107 cm³/mol. The average molecular weight is 413 g/mol. The molecule has 3 aromatic rings. The zero-order chi connectivity index (χ0) is 17.9. The van der Waals surface area contributed by atoms with Gasteiger partial charge in [0.15, 0.2) is 0 Å². The van der Waals surface area contributed by atoms with E-state index in [0.717, 1.165) is 39.8 Å². The Morgan fingerprint density at radius 3 is 2.88 bits per heavy atom. The Morgan fingerprint density at radius 1 is 1.19 bits per heavy atom. The average Bonchev–Trinajstić information content (AvgIpc) is 3.10. The number of aromatic nitrogens is 2. The van der Waals surface area contributed by atoms with Gasteiger partial charge in [0.1, 0.15) is 11.5 Å². The fourth-order valence-electron chi connectivity index (χ4n) is 3.45. The molecule has 2 aromatic heterocycles. The molecule has 1 aromatic carbocycles. The first-order valence-electron chi connectivity index (χ1n) is 8.96. The normalized spacial score (nSPS) is 14.6. The van der Waals surface area contributed by atoms with Crippen LogP contribution in [0.2, 0.25) is 0 Å². The maximum atomic E-state index is 12.6. The number of rotatable bonds is 4. The van der Waals surface area contributed by atoms with Gasteiger partial charge in [0, 0.05) is 46.8 Å². The number of H-pyrrole nitrogens is 1. The maximum Gasteiger partial charge on any atom is 0.267 e. The van der Waals surface area contributed by atoms with Gasteiger partial charge in [0.2, 0.25) is 0 Å². The van der Waals surface area contributed by atoms with E-state index in [4.69, 9.17) is 0 Å². The van der Waals surface area contributed by atoms with E-state index in [9.17, 15) is 4.79 Å². The van der Waals surface area contributed by atoms with Gasteiger partial charge in [-0.05, 0) is 43.5 Å². The van der Waals surface area contributed by atoms with E-state index in [0.29, 0.717) is 12.2 Å². The Hall–Kier alpha value is -2.34. The molecule has 0 radical (unpaired) electrons. The summed E-state index contributed by atoms with van der Waals surface area (Å²) in [4.78, 5) is 22.6. The number of nitrogens with one attached hydrogen (secondary N) is 2. The number of fused-ring (bicyclic) bond motifs is 1. The number of benzene rings is 1. The van der Waals surface area contributed by atoms with Crippen molar-refractivity contribution in [2.45, 2.75) is 25.8 Å². The number of hydrogen-bond acceptors (Lipinski definition) is 3. The summed E-state index contributed by atoms with van der Waals surface area (Å²) in [5, 5.41) is 4.04. The summed E-state index contributed by atoms with van der Waals surface area (Å²) in [5.41, 5.74) is 2.57. The van der Waals surface area contributed by atoms with Gasteiger partial charge in [-0.2, -0.15) is 0 Å². The first-order valence-corrected chi connectivity index (χ1v) is 9.75. The fourth-order valence-corrected chi connectivity index (χ4v) is 3.81. The molecule has 0 saturated carbocycles. The minimum atomic E-state index is -0.106. The Kier molecular flexibility index (Phi) is 4.93. The van der Waals surface area contributed by atoms with Crippen LogP contribution in [0.15, 0.2) is 47.1 Å². The van der Waals surface area contributed by atoms with Crippen molar-refractivity contribution < 1.29 is 4.79 Å². The summed E-state index contributed by atoms with van der Waals surface area (Å²) >= 11 is 3.45. The number of nitrogens with zero attached hydrogens (tertiary/aromatic N) is 2. The number of amides is 1. The van der Waals surface area contributed by atoms with Crippen LogP contribution in [0.5, 0.6) is 0 Å². The lowest BCUT2D eigenvalue weighted by molar-refractivity contribution is 0.0947. The molecular formula is C20H21BrN4O. The van der Waals surface area contributed by atoms with Gasteiger partial charge in [0.05, 0.1) is 0 Å². The van der Waals surface area contributed by atoms with E-state index in [2.05, 4.69) is 36.1 Å². The van der Waals surface area contributed by atoms with E-state index in [1.54, 1.807) is 0 Å². The molecule has 1 aliphatic heterocycles. The van der Waals surface area contributed by atoms with Crippen LogP contribution >= 0.6 is 15.9 Å². The second-order valence-electron chi connectivity index (χ2n) is 6.63. The number of carbonyl (C=O) groups is 1. The lowest BCUT2D eigenvalue weighted by Gasteiger charge is -2.29. The Labute approximate surface area is 160 Å². The zero-order valence-electron chi connectivity index (χ0n) is 14.5. The highest BCUT2D eigenvalue weighted by Crippen LogP contribution is 2.22. The van der Waals surface area contributed by atoms with Crippen LogP contribution in [0.3, 0.4) is 0 Å².